The maximum Gasteiger partial charge on any atom is 0.143 e. The van der Waals surface area contributed by atoms with Crippen molar-refractivity contribution in [3.05, 3.63) is 261 Å². The predicted molar refractivity (Wildman–Crippen MR) is 286 cm³/mol. The molecule has 4 heteroatoms. The second-order valence-corrected chi connectivity index (χ2v) is 17.3. The summed E-state index contributed by atoms with van der Waals surface area (Å²) < 4.78 is 8.96. The Hall–Kier alpha value is -9.12. The van der Waals surface area contributed by atoms with Crippen LogP contribution in [0.5, 0.6) is 0 Å². The molecule has 0 spiro atoms. The van der Waals surface area contributed by atoms with Crippen LogP contribution >= 0.6 is 0 Å². The molecule has 0 aliphatic rings. The molecule has 0 aliphatic carbocycles. The molecule has 2 heterocycles. The minimum atomic E-state index is 0.893. The smallest absolute Gasteiger partial charge is 0.143 e. The second-order valence-electron chi connectivity index (χ2n) is 17.3. The fourth-order valence-electron chi connectivity index (χ4n) is 10.2. The van der Waals surface area contributed by atoms with Gasteiger partial charge in [0.25, 0.3) is 0 Å². The zero-order valence-corrected chi connectivity index (χ0v) is 37.1. The van der Waals surface area contributed by atoms with Crippen LogP contribution in [0.4, 0.5) is 34.1 Å². The first kappa shape index (κ1) is 39.3. The minimum absolute atomic E-state index is 0.893. The number of nitrogens with zero attached hydrogens (tertiary/aromatic N) is 3. The Labute approximate surface area is 394 Å². The number of hydrogen-bond donors (Lipinski definition) is 0. The van der Waals surface area contributed by atoms with Crippen molar-refractivity contribution in [3.8, 4) is 27.9 Å². The summed E-state index contributed by atoms with van der Waals surface area (Å²) in [7, 11) is 0. The molecule has 11 aromatic carbocycles. The number of hydrogen-bond acceptors (Lipinski definition) is 3. The molecule has 0 N–H and O–H groups in total. The fourth-order valence-corrected chi connectivity index (χ4v) is 10.2. The van der Waals surface area contributed by atoms with E-state index in [9.17, 15) is 0 Å². The lowest BCUT2D eigenvalue weighted by Crippen LogP contribution is -2.14. The lowest BCUT2D eigenvalue weighted by molar-refractivity contribution is 0.670. The zero-order valence-electron chi connectivity index (χ0n) is 37.1. The van der Waals surface area contributed by atoms with Crippen LogP contribution < -0.4 is 9.80 Å². The molecule has 13 aromatic rings. The van der Waals surface area contributed by atoms with Crippen molar-refractivity contribution in [2.75, 3.05) is 9.80 Å². The normalized spacial score (nSPS) is 11.5. The van der Waals surface area contributed by atoms with E-state index < -0.39 is 0 Å². The Balaban J connectivity index is 1.06. The van der Waals surface area contributed by atoms with Crippen LogP contribution in [0.25, 0.3) is 82.5 Å². The lowest BCUT2D eigenvalue weighted by Gasteiger charge is -2.31. The first-order valence-corrected chi connectivity index (χ1v) is 23.2. The average Bonchev–Trinajstić information content (AvgIpc) is 3.96. The summed E-state index contributed by atoms with van der Waals surface area (Å²) in [4.78, 5) is 4.81. The second kappa shape index (κ2) is 16.4. The van der Waals surface area contributed by atoms with Crippen LogP contribution in [0, 0.1) is 0 Å². The van der Waals surface area contributed by atoms with Gasteiger partial charge < -0.3 is 18.8 Å². The van der Waals surface area contributed by atoms with Crippen LogP contribution in [-0.4, -0.2) is 4.57 Å². The number of furan rings is 1. The average molecular weight is 870 g/mol. The van der Waals surface area contributed by atoms with Crippen LogP contribution in [0.3, 0.4) is 0 Å². The van der Waals surface area contributed by atoms with E-state index in [1.807, 2.05) is 12.1 Å². The number of fused-ring (bicyclic) bond motifs is 7. The summed E-state index contributed by atoms with van der Waals surface area (Å²) in [5.41, 5.74) is 15.9. The van der Waals surface area contributed by atoms with Crippen LogP contribution in [0.15, 0.2) is 265 Å². The highest BCUT2D eigenvalue weighted by molar-refractivity contribution is 6.11. The van der Waals surface area contributed by atoms with Gasteiger partial charge in [0.1, 0.15) is 11.2 Å². The number of para-hydroxylation sites is 5. The van der Waals surface area contributed by atoms with Gasteiger partial charge >= 0.3 is 0 Å². The third kappa shape index (κ3) is 6.69. The Morgan fingerprint density at radius 1 is 0.309 bits per heavy atom. The molecule has 68 heavy (non-hydrogen) atoms. The molecule has 0 saturated heterocycles. The minimum Gasteiger partial charge on any atom is -0.455 e. The maximum atomic E-state index is 6.53. The molecule has 0 aliphatic heterocycles. The van der Waals surface area contributed by atoms with Crippen molar-refractivity contribution >= 4 is 88.6 Å². The molecule has 2 aromatic heterocycles. The first-order chi connectivity index (χ1) is 33.7. The number of aromatic nitrogens is 1. The Bertz CT molecular complexity index is 3910. The van der Waals surface area contributed by atoms with Gasteiger partial charge in [-0.15, -0.1) is 0 Å². The molecule has 0 unspecified atom stereocenters. The van der Waals surface area contributed by atoms with Gasteiger partial charge in [0.2, 0.25) is 0 Å². The third-order valence-corrected chi connectivity index (χ3v) is 13.3. The maximum absolute atomic E-state index is 6.53. The molecule has 13 rings (SSSR count). The monoisotopic (exact) mass is 869 g/mol. The van der Waals surface area contributed by atoms with E-state index in [1.165, 1.54) is 27.3 Å². The van der Waals surface area contributed by atoms with Crippen molar-refractivity contribution < 1.29 is 4.42 Å². The van der Waals surface area contributed by atoms with Gasteiger partial charge in [-0.1, -0.05) is 182 Å². The summed E-state index contributed by atoms with van der Waals surface area (Å²) in [5.74, 6) is 0. The largest absolute Gasteiger partial charge is 0.455 e. The standard InChI is InChI=1S/C64H43N3O/c1-3-17-44(18-4-1)45-33-37-49(38-34-45)65(48-21-5-2-6-22-48)51-41-52(43-53(42-51)67-61-29-12-9-24-56(61)57-25-10-13-30-62(57)67)66(60-31-15-20-46-19-7-8-23-54(46)60)50-39-35-47(36-40-50)55-27-16-28-59-58-26-11-14-32-63(58)68-64(55)59/h1-43H. The molecule has 0 fully saturated rings. The van der Waals surface area contributed by atoms with Crippen LogP contribution in [0.2, 0.25) is 0 Å². The van der Waals surface area contributed by atoms with E-state index >= 15 is 0 Å². The van der Waals surface area contributed by atoms with E-state index in [2.05, 4.69) is 263 Å². The van der Waals surface area contributed by atoms with Crippen molar-refractivity contribution in [1.82, 2.24) is 4.57 Å². The van der Waals surface area contributed by atoms with Gasteiger partial charge in [0.15, 0.2) is 0 Å². The molecule has 0 bridgehead atoms. The topological polar surface area (TPSA) is 24.6 Å². The first-order valence-electron chi connectivity index (χ1n) is 23.2. The highest BCUT2D eigenvalue weighted by Gasteiger charge is 2.23. The predicted octanol–water partition coefficient (Wildman–Crippen LogP) is 18.1. The molecule has 320 valence electrons. The van der Waals surface area contributed by atoms with E-state index in [0.29, 0.717) is 0 Å². The summed E-state index contributed by atoms with van der Waals surface area (Å²) in [5, 5.41) is 7.00. The van der Waals surface area contributed by atoms with Crippen molar-refractivity contribution in [2.24, 2.45) is 0 Å². The number of rotatable bonds is 9. The molecular weight excluding hydrogens is 827 g/mol. The van der Waals surface area contributed by atoms with Gasteiger partial charge in [0.05, 0.1) is 33.8 Å². The van der Waals surface area contributed by atoms with Gasteiger partial charge in [-0.2, -0.15) is 0 Å². The van der Waals surface area contributed by atoms with Gasteiger partial charge in [-0.3, -0.25) is 0 Å². The Morgan fingerprint density at radius 2 is 0.809 bits per heavy atom. The lowest BCUT2D eigenvalue weighted by atomic mass is 10.0. The van der Waals surface area contributed by atoms with Crippen molar-refractivity contribution in [3.63, 3.8) is 0 Å². The SMILES string of the molecule is c1ccc(-c2ccc(N(c3ccccc3)c3cc(N(c4ccc(-c5cccc6c5oc5ccccc56)cc4)c4cccc5ccccc45)cc(-n4c5ccccc5c5ccccc54)c3)cc2)cc1. The highest BCUT2D eigenvalue weighted by atomic mass is 16.3. The van der Waals surface area contributed by atoms with Crippen molar-refractivity contribution in [1.29, 1.82) is 0 Å². The fraction of sp³-hybridized carbons (Fsp3) is 0. The van der Waals surface area contributed by atoms with Crippen molar-refractivity contribution in [2.45, 2.75) is 0 Å². The van der Waals surface area contributed by atoms with E-state index in [1.54, 1.807) is 0 Å². The molecule has 0 atom stereocenters. The Morgan fingerprint density at radius 3 is 1.53 bits per heavy atom. The number of benzene rings is 11. The summed E-state index contributed by atoms with van der Waals surface area (Å²) in [6.45, 7) is 0. The van der Waals surface area contributed by atoms with Gasteiger partial charge in [-0.25, -0.2) is 0 Å². The molecule has 0 amide bonds. The van der Waals surface area contributed by atoms with Gasteiger partial charge in [-0.05, 0) is 101 Å². The summed E-state index contributed by atoms with van der Waals surface area (Å²) >= 11 is 0. The van der Waals surface area contributed by atoms with Crippen LogP contribution in [0.1, 0.15) is 0 Å². The summed E-state index contributed by atoms with van der Waals surface area (Å²) in [6, 6.07) is 93.8. The van der Waals surface area contributed by atoms with E-state index in [0.717, 1.165) is 89.3 Å². The highest BCUT2D eigenvalue weighted by Crippen LogP contribution is 2.46. The molecule has 0 radical (unpaired) electrons. The number of anilines is 6. The molecule has 4 nitrogen and oxygen atoms in total. The molecular formula is C64H43N3O. The quantitative estimate of drug-likeness (QED) is 0.144. The zero-order chi connectivity index (χ0) is 45.0. The summed E-state index contributed by atoms with van der Waals surface area (Å²) in [6.07, 6.45) is 0. The van der Waals surface area contributed by atoms with E-state index in [-0.39, 0.29) is 0 Å². The third-order valence-electron chi connectivity index (χ3n) is 13.3. The Kier molecular flexibility index (Phi) is 9.47. The molecule has 0 saturated carbocycles. The van der Waals surface area contributed by atoms with Crippen LogP contribution in [-0.2, 0) is 0 Å². The van der Waals surface area contributed by atoms with E-state index in [4.69, 9.17) is 4.42 Å². The van der Waals surface area contributed by atoms with Gasteiger partial charge in [0, 0.05) is 49.6 Å².